The summed E-state index contributed by atoms with van der Waals surface area (Å²) in [4.78, 5) is 74.2. The lowest BCUT2D eigenvalue weighted by Crippen LogP contribution is -2.49. The molecule has 2 fully saturated rings. The molecule has 0 saturated carbocycles. The molecule has 52 heavy (non-hydrogen) atoms. The van der Waals surface area contributed by atoms with Gasteiger partial charge in [-0.25, -0.2) is 4.39 Å². The van der Waals surface area contributed by atoms with Crippen LogP contribution in [-0.2, 0) is 25.6 Å². The number of ether oxygens (including phenoxy) is 1. The van der Waals surface area contributed by atoms with Crippen molar-refractivity contribution in [2.75, 3.05) is 60.0 Å². The molecule has 0 unspecified atom stereocenters. The number of hydrogen-bond acceptors (Lipinski definition) is 7. The van der Waals surface area contributed by atoms with E-state index in [-0.39, 0.29) is 74.0 Å². The summed E-state index contributed by atoms with van der Waals surface area (Å²) in [5.74, 6) is -2.48. The Balaban J connectivity index is 1.19. The van der Waals surface area contributed by atoms with E-state index < -0.39 is 29.7 Å². The number of hydrogen-bond donors (Lipinski definition) is 2. The highest BCUT2D eigenvalue weighted by Crippen LogP contribution is 2.27. The van der Waals surface area contributed by atoms with Crippen LogP contribution in [0.15, 0.2) is 60.7 Å². The predicted molar refractivity (Wildman–Crippen MR) is 193 cm³/mol. The standard InChI is InChI=1S/C39H47FN6O6/c1-43-24-37(49)46-23-29(42-35(47)20-27-10-7-9-26-8-3-4-11-31(26)27)22-30(46)25-52-34-14-12-28(40)21-32(34)39(51)44(2)33(13-15-36(43)48)38(50)41-16-19-45-17-5-6-18-45/h3-4,7-12,14,21,29-30,33H,5-6,13,15-20,22-25H2,1-2H3,(H,41,50)(H,42,47)/t29-,30+,33-/m1/s1. The molecule has 0 radical (unpaired) electrons. The summed E-state index contributed by atoms with van der Waals surface area (Å²) >= 11 is 0. The van der Waals surface area contributed by atoms with E-state index in [0.717, 1.165) is 48.3 Å². The van der Waals surface area contributed by atoms with Crippen molar-refractivity contribution >= 4 is 40.3 Å². The van der Waals surface area contributed by atoms with E-state index in [4.69, 9.17) is 4.74 Å². The zero-order chi connectivity index (χ0) is 36.8. The molecule has 6 rings (SSSR count). The maximum absolute atomic E-state index is 14.6. The maximum atomic E-state index is 14.6. The van der Waals surface area contributed by atoms with Crippen molar-refractivity contribution in [1.82, 2.24) is 30.2 Å². The summed E-state index contributed by atoms with van der Waals surface area (Å²) in [6.45, 7) is 2.94. The van der Waals surface area contributed by atoms with Crippen LogP contribution in [0.4, 0.5) is 4.39 Å². The van der Waals surface area contributed by atoms with Crippen LogP contribution < -0.4 is 15.4 Å². The van der Waals surface area contributed by atoms with E-state index in [0.29, 0.717) is 19.5 Å². The van der Waals surface area contributed by atoms with Crippen LogP contribution in [0, 0.1) is 5.82 Å². The number of carbonyl (C=O) groups is 5. The molecular weight excluding hydrogens is 667 g/mol. The fourth-order valence-corrected chi connectivity index (χ4v) is 7.49. The highest BCUT2D eigenvalue weighted by Gasteiger charge is 2.38. The van der Waals surface area contributed by atoms with Crippen LogP contribution in [0.3, 0.4) is 0 Å². The minimum Gasteiger partial charge on any atom is -0.491 e. The Hall–Kier alpha value is -5.04. The molecule has 3 aliphatic heterocycles. The van der Waals surface area contributed by atoms with Gasteiger partial charge in [0.2, 0.25) is 23.6 Å². The molecular formula is C39H47FN6O6. The Labute approximate surface area is 303 Å². The Morgan fingerprint density at radius 2 is 1.73 bits per heavy atom. The number of likely N-dealkylation sites (N-methyl/N-ethyl adjacent to an activating group) is 2. The van der Waals surface area contributed by atoms with Gasteiger partial charge in [-0.1, -0.05) is 42.5 Å². The Bertz CT molecular complexity index is 1810. The quantitative estimate of drug-likeness (QED) is 0.385. The highest BCUT2D eigenvalue weighted by atomic mass is 19.1. The number of halogens is 1. The second kappa shape index (κ2) is 16.5. The van der Waals surface area contributed by atoms with Gasteiger partial charge in [-0.2, -0.15) is 0 Å². The van der Waals surface area contributed by atoms with Crippen molar-refractivity contribution in [2.45, 2.75) is 56.7 Å². The zero-order valence-electron chi connectivity index (χ0n) is 29.8. The topological polar surface area (TPSA) is 132 Å². The fourth-order valence-electron chi connectivity index (χ4n) is 7.49. The molecule has 3 aromatic carbocycles. The van der Waals surface area contributed by atoms with E-state index in [1.54, 1.807) is 4.90 Å². The number of rotatable bonds is 7. The van der Waals surface area contributed by atoms with Crippen LogP contribution in [0.1, 0.15) is 48.0 Å². The zero-order valence-corrected chi connectivity index (χ0v) is 29.8. The summed E-state index contributed by atoms with van der Waals surface area (Å²) in [6.07, 6.45) is 2.66. The van der Waals surface area contributed by atoms with Crippen LogP contribution in [0.25, 0.3) is 10.8 Å². The number of fused-ring (bicyclic) bond motifs is 3. The van der Waals surface area contributed by atoms with E-state index in [1.807, 2.05) is 42.5 Å². The minimum absolute atomic E-state index is 0.00218. The molecule has 3 atom stereocenters. The first-order valence-corrected chi connectivity index (χ1v) is 18.1. The van der Waals surface area contributed by atoms with E-state index >= 15 is 0 Å². The summed E-state index contributed by atoms with van der Waals surface area (Å²) in [5.41, 5.74) is 0.815. The number of nitrogens with zero attached hydrogens (tertiary/aromatic N) is 4. The predicted octanol–water partition coefficient (Wildman–Crippen LogP) is 2.59. The van der Waals surface area contributed by atoms with Gasteiger partial charge in [0.15, 0.2) is 0 Å². The Morgan fingerprint density at radius 3 is 2.54 bits per heavy atom. The van der Waals surface area contributed by atoms with Crippen molar-refractivity contribution in [3.63, 3.8) is 0 Å². The Kier molecular flexibility index (Phi) is 11.7. The molecule has 3 aromatic rings. The molecule has 13 heteroatoms. The number of nitrogens with one attached hydrogen (secondary N) is 2. The van der Waals surface area contributed by atoms with Gasteiger partial charge in [0, 0.05) is 46.2 Å². The number of amides is 5. The molecule has 0 bridgehead atoms. The lowest BCUT2D eigenvalue weighted by Gasteiger charge is -2.29. The lowest BCUT2D eigenvalue weighted by atomic mass is 10.0. The van der Waals surface area contributed by atoms with E-state index in [1.165, 1.54) is 36.0 Å². The normalized spacial score (nSPS) is 22.0. The van der Waals surface area contributed by atoms with Crippen LogP contribution in [0.5, 0.6) is 5.75 Å². The van der Waals surface area contributed by atoms with Crippen molar-refractivity contribution in [3.05, 3.63) is 77.6 Å². The molecule has 5 amide bonds. The molecule has 3 heterocycles. The third kappa shape index (κ3) is 8.70. The monoisotopic (exact) mass is 714 g/mol. The molecule has 12 nitrogen and oxygen atoms in total. The van der Waals surface area contributed by atoms with Gasteiger partial charge in [-0.15, -0.1) is 0 Å². The largest absolute Gasteiger partial charge is 0.491 e. The van der Waals surface area contributed by atoms with Crippen LogP contribution >= 0.6 is 0 Å². The summed E-state index contributed by atoms with van der Waals surface area (Å²) in [6, 6.07) is 15.4. The van der Waals surface area contributed by atoms with Crippen molar-refractivity contribution in [2.24, 2.45) is 0 Å². The van der Waals surface area contributed by atoms with Gasteiger partial charge in [-0.3, -0.25) is 24.0 Å². The molecule has 2 N–H and O–H groups in total. The first-order chi connectivity index (χ1) is 25.1. The SMILES string of the molecule is CN1CC(=O)N2C[C@H](NC(=O)Cc3cccc4ccccc34)C[C@H]2COc2ccc(F)cc2C(=O)N(C)[C@@H](C(=O)NCCN2CCCC2)CCC1=O. The van der Waals surface area contributed by atoms with Gasteiger partial charge >= 0.3 is 0 Å². The number of likely N-dealkylation sites (tertiary alicyclic amines) is 1. The maximum Gasteiger partial charge on any atom is 0.258 e. The summed E-state index contributed by atoms with van der Waals surface area (Å²) in [5, 5.41) is 8.03. The molecule has 3 aliphatic rings. The minimum atomic E-state index is -1.03. The molecule has 276 valence electrons. The van der Waals surface area contributed by atoms with Crippen molar-refractivity contribution in [3.8, 4) is 5.75 Å². The first-order valence-electron chi connectivity index (χ1n) is 18.1. The van der Waals surface area contributed by atoms with Gasteiger partial charge in [0.1, 0.15) is 24.2 Å². The van der Waals surface area contributed by atoms with Crippen LogP contribution in [-0.4, -0.2) is 127 Å². The average Bonchev–Trinajstić information content (AvgIpc) is 3.80. The third-order valence-corrected chi connectivity index (χ3v) is 10.4. The second-order valence-corrected chi connectivity index (χ2v) is 14.0. The first kappa shape index (κ1) is 36.7. The smallest absolute Gasteiger partial charge is 0.258 e. The highest BCUT2D eigenvalue weighted by molar-refractivity contribution is 6.00. The van der Waals surface area contributed by atoms with Crippen LogP contribution in [0.2, 0.25) is 0 Å². The molecule has 2 saturated heterocycles. The average molecular weight is 715 g/mol. The van der Waals surface area contributed by atoms with Gasteiger partial charge in [-0.05, 0) is 73.3 Å². The third-order valence-electron chi connectivity index (χ3n) is 10.4. The number of benzene rings is 3. The van der Waals surface area contributed by atoms with Gasteiger partial charge in [0.25, 0.3) is 5.91 Å². The molecule has 0 aromatic heterocycles. The summed E-state index contributed by atoms with van der Waals surface area (Å²) < 4.78 is 20.8. The van der Waals surface area contributed by atoms with Crippen molar-refractivity contribution in [1.29, 1.82) is 0 Å². The lowest BCUT2D eigenvalue weighted by molar-refractivity contribution is -0.140. The van der Waals surface area contributed by atoms with Gasteiger partial charge < -0.3 is 35.0 Å². The molecule has 0 spiro atoms. The number of carbonyl (C=O) groups excluding carboxylic acids is 5. The second-order valence-electron chi connectivity index (χ2n) is 14.0. The molecule has 0 aliphatic carbocycles. The fraction of sp³-hybridized carbons (Fsp3) is 0.462. The van der Waals surface area contributed by atoms with Gasteiger partial charge in [0.05, 0.1) is 24.6 Å². The van der Waals surface area contributed by atoms with Crippen molar-refractivity contribution < 1.29 is 33.1 Å². The Morgan fingerprint density at radius 1 is 0.962 bits per heavy atom. The van der Waals surface area contributed by atoms with E-state index in [9.17, 15) is 28.4 Å². The summed E-state index contributed by atoms with van der Waals surface area (Å²) in [7, 11) is 2.99. The van der Waals surface area contributed by atoms with E-state index in [2.05, 4.69) is 15.5 Å².